The van der Waals surface area contributed by atoms with Gasteiger partial charge in [-0.25, -0.2) is 4.68 Å². The zero-order valence-corrected chi connectivity index (χ0v) is 15.7. The van der Waals surface area contributed by atoms with Gasteiger partial charge in [0.25, 0.3) is 5.69 Å². The highest BCUT2D eigenvalue weighted by molar-refractivity contribution is 9.10. The average molecular weight is 427 g/mol. The van der Waals surface area contributed by atoms with E-state index in [4.69, 9.17) is 0 Å². The second-order valence-corrected chi connectivity index (χ2v) is 6.46. The number of rotatable bonds is 6. The summed E-state index contributed by atoms with van der Waals surface area (Å²) in [7, 11) is 0. The number of nitro benzene ring substituents is 1. The molecular weight excluding hydrogens is 412 g/mol. The third-order valence-electron chi connectivity index (χ3n) is 3.79. The van der Waals surface area contributed by atoms with Crippen LogP contribution in [0, 0.1) is 10.1 Å². The van der Waals surface area contributed by atoms with Crippen molar-refractivity contribution >= 4 is 39.4 Å². The molecule has 0 aliphatic rings. The zero-order valence-electron chi connectivity index (χ0n) is 14.1. The van der Waals surface area contributed by atoms with E-state index >= 15 is 0 Å². The predicted molar refractivity (Wildman–Crippen MR) is 106 cm³/mol. The van der Waals surface area contributed by atoms with Gasteiger partial charge in [-0.3, -0.25) is 14.9 Å². The number of nitro groups is 1. The molecule has 1 N–H and O–H groups in total. The van der Waals surface area contributed by atoms with Crippen LogP contribution in [0.4, 0.5) is 11.5 Å². The summed E-state index contributed by atoms with van der Waals surface area (Å²) in [6.07, 6.45) is 4.28. The van der Waals surface area contributed by atoms with Crippen LogP contribution < -0.4 is 5.32 Å². The maximum atomic E-state index is 12.2. The molecule has 3 aromatic rings. The van der Waals surface area contributed by atoms with E-state index in [2.05, 4.69) is 26.3 Å². The van der Waals surface area contributed by atoms with Crippen molar-refractivity contribution in [3.05, 3.63) is 92.6 Å². The molecule has 0 aliphatic carbocycles. The SMILES string of the molecule is O=C(/C=C/c1ccccc1[N+](=O)[O-])Nc1ccnn1Cc1ccccc1Br. The van der Waals surface area contributed by atoms with Gasteiger partial charge in [0.05, 0.1) is 23.2 Å². The highest BCUT2D eigenvalue weighted by Gasteiger charge is 2.11. The molecule has 0 aliphatic heterocycles. The molecule has 27 heavy (non-hydrogen) atoms. The molecule has 1 aromatic heterocycles. The maximum Gasteiger partial charge on any atom is 0.276 e. The van der Waals surface area contributed by atoms with E-state index in [-0.39, 0.29) is 5.69 Å². The van der Waals surface area contributed by atoms with Crippen molar-refractivity contribution in [2.45, 2.75) is 6.54 Å². The Morgan fingerprint density at radius 2 is 1.93 bits per heavy atom. The Kier molecular flexibility index (Phi) is 5.77. The van der Waals surface area contributed by atoms with Crippen molar-refractivity contribution in [2.24, 2.45) is 0 Å². The fourth-order valence-corrected chi connectivity index (χ4v) is 2.89. The number of carbonyl (C=O) groups is 1. The first kappa shape index (κ1) is 18.5. The van der Waals surface area contributed by atoms with E-state index in [0.717, 1.165) is 10.0 Å². The predicted octanol–water partition coefficient (Wildman–Crippen LogP) is 4.25. The second kappa shape index (κ2) is 8.41. The molecule has 8 heteroatoms. The number of halogens is 1. The largest absolute Gasteiger partial charge is 0.307 e. The summed E-state index contributed by atoms with van der Waals surface area (Å²) >= 11 is 3.49. The number of carbonyl (C=O) groups excluding carboxylic acids is 1. The number of amides is 1. The summed E-state index contributed by atoms with van der Waals surface area (Å²) in [5.41, 5.74) is 1.33. The molecule has 0 atom stereocenters. The van der Waals surface area contributed by atoms with Crippen molar-refractivity contribution in [1.82, 2.24) is 9.78 Å². The van der Waals surface area contributed by atoms with Crippen molar-refractivity contribution in [1.29, 1.82) is 0 Å². The number of hydrogen-bond acceptors (Lipinski definition) is 4. The van der Waals surface area contributed by atoms with Gasteiger partial charge < -0.3 is 5.32 Å². The van der Waals surface area contributed by atoms with E-state index in [9.17, 15) is 14.9 Å². The van der Waals surface area contributed by atoms with Crippen molar-refractivity contribution in [3.63, 3.8) is 0 Å². The quantitative estimate of drug-likeness (QED) is 0.362. The van der Waals surface area contributed by atoms with Gasteiger partial charge in [-0.2, -0.15) is 5.10 Å². The van der Waals surface area contributed by atoms with Crippen LogP contribution in [-0.4, -0.2) is 20.6 Å². The molecule has 0 bridgehead atoms. The minimum atomic E-state index is -0.482. The van der Waals surface area contributed by atoms with E-state index in [1.165, 1.54) is 18.2 Å². The van der Waals surface area contributed by atoms with E-state index in [1.54, 1.807) is 35.1 Å². The molecule has 1 heterocycles. The molecular formula is C19H15BrN4O3. The molecule has 0 spiro atoms. The molecule has 0 fully saturated rings. The minimum Gasteiger partial charge on any atom is -0.307 e. The van der Waals surface area contributed by atoms with Gasteiger partial charge in [-0.15, -0.1) is 0 Å². The van der Waals surface area contributed by atoms with Crippen LogP contribution in [-0.2, 0) is 11.3 Å². The monoisotopic (exact) mass is 426 g/mol. The summed E-state index contributed by atoms with van der Waals surface area (Å²) < 4.78 is 2.62. The van der Waals surface area contributed by atoms with E-state index in [1.807, 2.05) is 24.3 Å². The van der Waals surface area contributed by atoms with Crippen molar-refractivity contribution in [3.8, 4) is 0 Å². The lowest BCUT2D eigenvalue weighted by molar-refractivity contribution is -0.385. The normalized spacial score (nSPS) is 10.9. The molecule has 3 rings (SSSR count). The summed E-state index contributed by atoms with van der Waals surface area (Å²) in [6.45, 7) is 0.484. The minimum absolute atomic E-state index is 0.0551. The number of nitrogens with zero attached hydrogens (tertiary/aromatic N) is 3. The third-order valence-corrected chi connectivity index (χ3v) is 4.57. The summed E-state index contributed by atoms with van der Waals surface area (Å²) in [4.78, 5) is 22.8. The number of hydrogen-bond donors (Lipinski definition) is 1. The summed E-state index contributed by atoms with van der Waals surface area (Å²) in [6, 6.07) is 15.7. The van der Waals surface area contributed by atoms with Gasteiger partial charge in [0.15, 0.2) is 0 Å². The fourth-order valence-electron chi connectivity index (χ4n) is 2.48. The standard InChI is InChI=1S/C19H15BrN4O3/c20-16-7-3-1-6-15(16)13-23-18(11-12-21-23)22-19(25)10-9-14-5-2-4-8-17(14)24(26)27/h1-12H,13H2,(H,22,25)/b10-9+. The molecule has 0 saturated heterocycles. The lowest BCUT2D eigenvalue weighted by Crippen LogP contribution is -2.14. The Morgan fingerprint density at radius 1 is 1.19 bits per heavy atom. The van der Waals surface area contributed by atoms with Gasteiger partial charge in [-0.1, -0.05) is 46.3 Å². The first-order chi connectivity index (χ1) is 13.0. The van der Waals surface area contributed by atoms with Gasteiger partial charge in [-0.05, 0) is 23.8 Å². The number of anilines is 1. The van der Waals surface area contributed by atoms with E-state index in [0.29, 0.717) is 17.9 Å². The highest BCUT2D eigenvalue weighted by Crippen LogP contribution is 2.20. The van der Waals surface area contributed by atoms with Crippen LogP contribution in [0.1, 0.15) is 11.1 Å². The Hall–Kier alpha value is -3.26. The second-order valence-electron chi connectivity index (χ2n) is 5.60. The average Bonchev–Trinajstić information content (AvgIpc) is 3.08. The Labute approximate surface area is 163 Å². The molecule has 1 amide bonds. The first-order valence-electron chi connectivity index (χ1n) is 8.02. The lowest BCUT2D eigenvalue weighted by Gasteiger charge is -2.09. The number of para-hydroxylation sites is 1. The van der Waals surface area contributed by atoms with Crippen LogP contribution in [0.2, 0.25) is 0 Å². The van der Waals surface area contributed by atoms with Gasteiger partial charge in [0.1, 0.15) is 5.82 Å². The van der Waals surface area contributed by atoms with Crippen LogP contribution in [0.25, 0.3) is 6.08 Å². The Balaban J connectivity index is 1.72. The Bertz CT molecular complexity index is 1010. The van der Waals surface area contributed by atoms with Crippen molar-refractivity contribution < 1.29 is 9.72 Å². The topological polar surface area (TPSA) is 90.1 Å². The summed E-state index contributed by atoms with van der Waals surface area (Å²) in [5.74, 6) is 0.130. The number of benzene rings is 2. The molecule has 136 valence electrons. The Morgan fingerprint density at radius 3 is 2.70 bits per heavy atom. The van der Waals surface area contributed by atoms with Crippen LogP contribution in [0.3, 0.4) is 0 Å². The zero-order chi connectivity index (χ0) is 19.2. The third kappa shape index (κ3) is 4.68. The molecule has 0 unspecified atom stereocenters. The molecule has 0 radical (unpaired) electrons. The molecule has 2 aromatic carbocycles. The summed E-state index contributed by atoms with van der Waals surface area (Å²) in [5, 5.41) is 18.0. The molecule has 7 nitrogen and oxygen atoms in total. The van der Waals surface area contributed by atoms with Crippen molar-refractivity contribution in [2.75, 3.05) is 5.32 Å². The fraction of sp³-hybridized carbons (Fsp3) is 0.0526. The van der Waals surface area contributed by atoms with E-state index < -0.39 is 10.8 Å². The highest BCUT2D eigenvalue weighted by atomic mass is 79.9. The van der Waals surface area contributed by atoms with Gasteiger partial charge >= 0.3 is 0 Å². The van der Waals surface area contributed by atoms with Crippen LogP contribution >= 0.6 is 15.9 Å². The maximum absolute atomic E-state index is 12.2. The lowest BCUT2D eigenvalue weighted by atomic mass is 10.1. The van der Waals surface area contributed by atoms with Gasteiger partial charge in [0.2, 0.25) is 5.91 Å². The van der Waals surface area contributed by atoms with Crippen LogP contribution in [0.5, 0.6) is 0 Å². The number of aromatic nitrogens is 2. The van der Waals surface area contributed by atoms with Gasteiger partial charge in [0, 0.05) is 22.7 Å². The first-order valence-corrected chi connectivity index (χ1v) is 8.81. The van der Waals surface area contributed by atoms with Crippen LogP contribution in [0.15, 0.2) is 71.3 Å². The molecule has 0 saturated carbocycles. The number of nitrogens with one attached hydrogen (secondary N) is 1. The smallest absolute Gasteiger partial charge is 0.276 e.